The van der Waals surface area contributed by atoms with Crippen molar-refractivity contribution in [2.45, 2.75) is 26.8 Å². The van der Waals surface area contributed by atoms with E-state index in [1.54, 1.807) is 4.90 Å². The van der Waals surface area contributed by atoms with Gasteiger partial charge in [-0.1, -0.05) is 42.0 Å². The van der Waals surface area contributed by atoms with Crippen LogP contribution in [-0.2, 0) is 16.1 Å². The molecule has 2 rings (SSSR count). The molecule has 0 atom stereocenters. The number of rotatable bonds is 6. The minimum absolute atomic E-state index is 0.0751. The van der Waals surface area contributed by atoms with Gasteiger partial charge in [-0.25, -0.2) is 0 Å². The van der Waals surface area contributed by atoms with Gasteiger partial charge < -0.3 is 10.2 Å². The largest absolute Gasteiger partial charge is 0.352 e. The van der Waals surface area contributed by atoms with E-state index in [1.807, 2.05) is 55.5 Å². The van der Waals surface area contributed by atoms with E-state index in [0.29, 0.717) is 13.1 Å². The van der Waals surface area contributed by atoms with Gasteiger partial charge in [-0.05, 0) is 40.5 Å². The van der Waals surface area contributed by atoms with E-state index in [2.05, 4.69) is 21.2 Å². The maximum absolute atomic E-state index is 12.1. The molecule has 0 unspecified atom stereocenters. The summed E-state index contributed by atoms with van der Waals surface area (Å²) in [5, 5.41) is 2.89. The zero-order valence-corrected chi connectivity index (χ0v) is 15.5. The van der Waals surface area contributed by atoms with Crippen molar-refractivity contribution >= 4 is 33.4 Å². The second-order valence-corrected chi connectivity index (χ2v) is 6.49. The fraction of sp³-hybridized carbons (Fsp3) is 0.263. The molecule has 0 radical (unpaired) electrons. The van der Waals surface area contributed by atoms with Crippen LogP contribution in [0.1, 0.15) is 24.5 Å². The van der Waals surface area contributed by atoms with Crippen molar-refractivity contribution in [1.29, 1.82) is 0 Å². The van der Waals surface area contributed by atoms with E-state index in [0.717, 1.165) is 15.7 Å². The number of aryl methyl sites for hydroxylation is 1. The zero-order valence-electron chi connectivity index (χ0n) is 13.9. The lowest BCUT2D eigenvalue weighted by Crippen LogP contribution is -2.34. The smallest absolute Gasteiger partial charge is 0.223 e. The van der Waals surface area contributed by atoms with Crippen molar-refractivity contribution in [3.63, 3.8) is 0 Å². The molecule has 0 aliphatic heterocycles. The molecular formula is C19H21BrN2O2. The number of nitrogens with one attached hydrogen (secondary N) is 1. The summed E-state index contributed by atoms with van der Waals surface area (Å²) in [5.74, 6) is -0.165. The first kappa shape index (κ1) is 18.2. The fourth-order valence-electron chi connectivity index (χ4n) is 2.33. The summed E-state index contributed by atoms with van der Waals surface area (Å²) >= 11 is 3.44. The van der Waals surface area contributed by atoms with E-state index in [9.17, 15) is 9.59 Å². The molecule has 1 N–H and O–H groups in total. The molecule has 0 aliphatic rings. The third kappa shape index (κ3) is 5.20. The van der Waals surface area contributed by atoms with E-state index in [1.165, 1.54) is 12.5 Å². The number of halogens is 1. The highest BCUT2D eigenvalue weighted by Crippen LogP contribution is 2.25. The van der Waals surface area contributed by atoms with Gasteiger partial charge in [0.1, 0.15) is 0 Å². The second kappa shape index (κ2) is 8.64. The molecule has 0 heterocycles. The van der Waals surface area contributed by atoms with Crippen LogP contribution in [0.15, 0.2) is 53.0 Å². The minimum Gasteiger partial charge on any atom is -0.352 e. The SMILES string of the molecule is CC(=O)N(CCC(=O)NCc1ccc(C)cc1)c1ccccc1Br. The summed E-state index contributed by atoms with van der Waals surface area (Å²) in [7, 11) is 0. The van der Waals surface area contributed by atoms with Crippen LogP contribution in [-0.4, -0.2) is 18.4 Å². The van der Waals surface area contributed by atoms with Crippen molar-refractivity contribution < 1.29 is 9.59 Å². The molecule has 0 saturated heterocycles. The molecule has 126 valence electrons. The van der Waals surface area contributed by atoms with Gasteiger partial charge in [-0.3, -0.25) is 9.59 Å². The van der Waals surface area contributed by atoms with Gasteiger partial charge in [-0.2, -0.15) is 0 Å². The van der Waals surface area contributed by atoms with Crippen molar-refractivity contribution in [3.8, 4) is 0 Å². The van der Waals surface area contributed by atoms with E-state index in [-0.39, 0.29) is 18.2 Å². The molecule has 2 amide bonds. The lowest BCUT2D eigenvalue weighted by Gasteiger charge is -2.22. The summed E-state index contributed by atoms with van der Waals surface area (Å²) in [6, 6.07) is 15.5. The average Bonchev–Trinajstić information content (AvgIpc) is 2.56. The van der Waals surface area contributed by atoms with Crippen LogP contribution in [0.2, 0.25) is 0 Å². The number of carbonyl (C=O) groups excluding carboxylic acids is 2. The number of amides is 2. The van der Waals surface area contributed by atoms with Crippen LogP contribution in [0.5, 0.6) is 0 Å². The Morgan fingerprint density at radius 3 is 2.38 bits per heavy atom. The maximum Gasteiger partial charge on any atom is 0.223 e. The second-order valence-electron chi connectivity index (χ2n) is 5.63. The summed E-state index contributed by atoms with van der Waals surface area (Å²) in [6.45, 7) is 4.37. The van der Waals surface area contributed by atoms with Gasteiger partial charge in [0.2, 0.25) is 11.8 Å². The molecule has 0 fully saturated rings. The van der Waals surface area contributed by atoms with Crippen LogP contribution in [0.25, 0.3) is 0 Å². The standard InChI is InChI=1S/C19H21BrN2O2/c1-14-7-9-16(10-8-14)13-21-19(24)11-12-22(15(2)23)18-6-4-3-5-17(18)20/h3-10H,11-13H2,1-2H3,(H,21,24). The Kier molecular flexibility index (Phi) is 6.55. The van der Waals surface area contributed by atoms with Crippen molar-refractivity contribution in [3.05, 3.63) is 64.1 Å². The zero-order chi connectivity index (χ0) is 17.5. The first-order valence-electron chi connectivity index (χ1n) is 7.82. The minimum atomic E-state index is -0.0896. The van der Waals surface area contributed by atoms with Gasteiger partial charge >= 0.3 is 0 Å². The highest BCUT2D eigenvalue weighted by molar-refractivity contribution is 9.10. The van der Waals surface area contributed by atoms with Gasteiger partial charge in [0.05, 0.1) is 5.69 Å². The average molecular weight is 389 g/mol. The Morgan fingerprint density at radius 2 is 1.75 bits per heavy atom. The van der Waals surface area contributed by atoms with Crippen molar-refractivity contribution in [1.82, 2.24) is 5.32 Å². The first-order chi connectivity index (χ1) is 11.5. The van der Waals surface area contributed by atoms with Gasteiger partial charge in [0.15, 0.2) is 0 Å². The predicted octanol–water partition coefficient (Wildman–Crippen LogP) is 3.82. The summed E-state index contributed by atoms with van der Waals surface area (Å²) in [5.41, 5.74) is 3.02. The van der Waals surface area contributed by atoms with Crippen LogP contribution in [0.4, 0.5) is 5.69 Å². The number of nitrogens with zero attached hydrogens (tertiary/aromatic N) is 1. The number of hydrogen-bond acceptors (Lipinski definition) is 2. The molecule has 2 aromatic carbocycles. The normalized spacial score (nSPS) is 10.3. The predicted molar refractivity (Wildman–Crippen MR) is 99.8 cm³/mol. The molecule has 4 nitrogen and oxygen atoms in total. The first-order valence-corrected chi connectivity index (χ1v) is 8.61. The number of hydrogen-bond donors (Lipinski definition) is 1. The molecule has 2 aromatic rings. The topological polar surface area (TPSA) is 49.4 Å². The molecule has 0 aromatic heterocycles. The lowest BCUT2D eigenvalue weighted by molar-refractivity contribution is -0.121. The van der Waals surface area contributed by atoms with Crippen LogP contribution < -0.4 is 10.2 Å². The number of carbonyl (C=O) groups is 2. The van der Waals surface area contributed by atoms with Crippen LogP contribution in [0, 0.1) is 6.92 Å². The molecule has 0 spiro atoms. The van der Waals surface area contributed by atoms with Gasteiger partial charge in [-0.15, -0.1) is 0 Å². The molecule has 5 heteroatoms. The Hall–Kier alpha value is -2.14. The van der Waals surface area contributed by atoms with E-state index < -0.39 is 0 Å². The van der Waals surface area contributed by atoms with Crippen LogP contribution in [0.3, 0.4) is 0 Å². The fourth-order valence-corrected chi connectivity index (χ4v) is 2.83. The Bertz CT molecular complexity index is 714. The third-order valence-electron chi connectivity index (χ3n) is 3.70. The van der Waals surface area contributed by atoms with E-state index >= 15 is 0 Å². The van der Waals surface area contributed by atoms with E-state index in [4.69, 9.17) is 0 Å². The molecule has 0 aliphatic carbocycles. The summed E-state index contributed by atoms with van der Waals surface area (Å²) in [6.07, 6.45) is 0.257. The Morgan fingerprint density at radius 1 is 1.08 bits per heavy atom. The van der Waals surface area contributed by atoms with Gasteiger partial charge in [0, 0.05) is 30.9 Å². The third-order valence-corrected chi connectivity index (χ3v) is 4.37. The van der Waals surface area contributed by atoms with Crippen molar-refractivity contribution in [2.75, 3.05) is 11.4 Å². The van der Waals surface area contributed by atoms with Gasteiger partial charge in [0.25, 0.3) is 0 Å². The monoisotopic (exact) mass is 388 g/mol. The number of anilines is 1. The van der Waals surface area contributed by atoms with Crippen molar-refractivity contribution in [2.24, 2.45) is 0 Å². The quantitative estimate of drug-likeness (QED) is 0.817. The maximum atomic E-state index is 12.1. The molecular weight excluding hydrogens is 368 g/mol. The summed E-state index contributed by atoms with van der Waals surface area (Å²) < 4.78 is 0.834. The number of para-hydroxylation sites is 1. The number of benzene rings is 2. The molecule has 0 bridgehead atoms. The highest BCUT2D eigenvalue weighted by Gasteiger charge is 2.15. The van der Waals surface area contributed by atoms with Crippen LogP contribution >= 0.6 is 15.9 Å². The Labute approximate surface area is 151 Å². The Balaban J connectivity index is 1.90. The molecule has 24 heavy (non-hydrogen) atoms. The lowest BCUT2D eigenvalue weighted by atomic mass is 10.1. The highest BCUT2D eigenvalue weighted by atomic mass is 79.9. The molecule has 0 saturated carbocycles. The summed E-state index contributed by atoms with van der Waals surface area (Å²) in [4.78, 5) is 25.6.